The zero-order chi connectivity index (χ0) is 13.2. The fourth-order valence-electron chi connectivity index (χ4n) is 2.92. The Balaban J connectivity index is 2.14. The summed E-state index contributed by atoms with van der Waals surface area (Å²) in [4.78, 5) is 0. The average molecular weight is 313 g/mol. The molecule has 19 heavy (non-hydrogen) atoms. The van der Waals surface area contributed by atoms with Crippen molar-refractivity contribution in [3.05, 3.63) is 75.8 Å². The van der Waals surface area contributed by atoms with Gasteiger partial charge in [-0.3, -0.25) is 0 Å². The largest absolute Gasteiger partial charge is 0.0685 e. The van der Waals surface area contributed by atoms with Gasteiger partial charge in [-0.2, -0.15) is 0 Å². The fraction of sp³-hybridized carbons (Fsp3) is 0.222. The Hall–Kier alpha value is -1.34. The Morgan fingerprint density at radius 2 is 1.79 bits per heavy atom. The van der Waals surface area contributed by atoms with Gasteiger partial charge in [-0.05, 0) is 34.8 Å². The van der Waals surface area contributed by atoms with Crippen LogP contribution in [0.4, 0.5) is 0 Å². The van der Waals surface area contributed by atoms with Gasteiger partial charge in [-0.25, -0.2) is 0 Å². The summed E-state index contributed by atoms with van der Waals surface area (Å²) in [5.74, 6) is 0.563. The number of benzene rings is 2. The van der Waals surface area contributed by atoms with Gasteiger partial charge in [0.05, 0.1) is 0 Å². The van der Waals surface area contributed by atoms with Crippen LogP contribution in [0.5, 0.6) is 0 Å². The van der Waals surface area contributed by atoms with Crippen LogP contribution in [0.15, 0.2) is 59.1 Å². The molecule has 0 saturated heterocycles. The third-order valence-electron chi connectivity index (χ3n) is 3.77. The maximum atomic E-state index is 3.72. The molecule has 0 saturated carbocycles. The first-order chi connectivity index (χ1) is 9.31. The van der Waals surface area contributed by atoms with Crippen LogP contribution >= 0.6 is 15.9 Å². The Morgan fingerprint density at radius 1 is 1.00 bits per heavy atom. The molecule has 1 aliphatic rings. The summed E-state index contributed by atoms with van der Waals surface area (Å²) in [6.45, 7) is 2.26. The van der Waals surface area contributed by atoms with Crippen LogP contribution in [-0.2, 0) is 0 Å². The molecule has 1 aliphatic carbocycles. The van der Waals surface area contributed by atoms with Gasteiger partial charge in [0.15, 0.2) is 0 Å². The zero-order valence-electron chi connectivity index (χ0n) is 11.1. The minimum Gasteiger partial charge on any atom is -0.0685 e. The normalized spacial score (nSPS) is 17.2. The highest BCUT2D eigenvalue weighted by Gasteiger charge is 2.25. The quantitative estimate of drug-likeness (QED) is 0.674. The van der Waals surface area contributed by atoms with Gasteiger partial charge in [-0.15, -0.1) is 0 Å². The molecular weight excluding hydrogens is 296 g/mol. The Bertz CT molecular complexity index is 611. The minimum atomic E-state index is 0.563. The number of rotatable bonds is 3. The smallest absolute Gasteiger partial charge is 0.0256 e. The highest BCUT2D eigenvalue weighted by atomic mass is 79.9. The lowest BCUT2D eigenvalue weighted by Gasteiger charge is -2.11. The highest BCUT2D eigenvalue weighted by Crippen LogP contribution is 2.44. The predicted molar refractivity (Wildman–Crippen MR) is 85.3 cm³/mol. The van der Waals surface area contributed by atoms with Crippen LogP contribution in [0.1, 0.15) is 42.4 Å². The van der Waals surface area contributed by atoms with Crippen molar-refractivity contribution in [2.24, 2.45) is 0 Å². The maximum Gasteiger partial charge on any atom is 0.0256 e. The van der Waals surface area contributed by atoms with E-state index in [4.69, 9.17) is 0 Å². The van der Waals surface area contributed by atoms with Crippen molar-refractivity contribution in [2.45, 2.75) is 25.7 Å². The summed E-state index contributed by atoms with van der Waals surface area (Å²) in [5.41, 5.74) is 5.54. The highest BCUT2D eigenvalue weighted by molar-refractivity contribution is 9.10. The average Bonchev–Trinajstić information content (AvgIpc) is 2.81. The number of hydrogen-bond donors (Lipinski definition) is 0. The van der Waals surface area contributed by atoms with Gasteiger partial charge in [0.1, 0.15) is 0 Å². The summed E-state index contributed by atoms with van der Waals surface area (Å²) in [7, 11) is 0. The summed E-state index contributed by atoms with van der Waals surface area (Å²) in [5, 5.41) is 0. The first kappa shape index (κ1) is 12.7. The second kappa shape index (κ2) is 5.34. The van der Waals surface area contributed by atoms with E-state index in [9.17, 15) is 0 Å². The molecule has 0 radical (unpaired) electrons. The van der Waals surface area contributed by atoms with Crippen LogP contribution in [0.3, 0.4) is 0 Å². The van der Waals surface area contributed by atoms with Gasteiger partial charge in [0.25, 0.3) is 0 Å². The van der Waals surface area contributed by atoms with Crippen LogP contribution in [0.2, 0.25) is 0 Å². The van der Waals surface area contributed by atoms with E-state index in [0.29, 0.717) is 5.92 Å². The van der Waals surface area contributed by atoms with Crippen molar-refractivity contribution in [3.63, 3.8) is 0 Å². The number of hydrogen-bond acceptors (Lipinski definition) is 0. The number of fused-ring (bicyclic) bond motifs is 1. The number of allylic oxidation sites excluding steroid dienone is 1. The van der Waals surface area contributed by atoms with E-state index in [1.807, 2.05) is 0 Å². The Labute approximate surface area is 123 Å². The first-order valence-electron chi connectivity index (χ1n) is 6.87. The molecule has 1 heteroatoms. The van der Waals surface area contributed by atoms with Crippen LogP contribution in [-0.4, -0.2) is 0 Å². The molecule has 0 N–H and O–H groups in total. The van der Waals surface area contributed by atoms with E-state index in [-0.39, 0.29) is 0 Å². The van der Waals surface area contributed by atoms with Gasteiger partial charge in [-0.1, -0.05) is 77.8 Å². The van der Waals surface area contributed by atoms with Gasteiger partial charge >= 0.3 is 0 Å². The molecule has 2 aromatic rings. The van der Waals surface area contributed by atoms with Gasteiger partial charge in [0, 0.05) is 10.4 Å². The molecular formula is C18H17Br. The predicted octanol–water partition coefficient (Wildman–Crippen LogP) is 5.78. The summed E-state index contributed by atoms with van der Waals surface area (Å²) >= 11 is 3.72. The first-order valence-corrected chi connectivity index (χ1v) is 7.66. The molecule has 0 fully saturated rings. The van der Waals surface area contributed by atoms with Crippen LogP contribution < -0.4 is 0 Å². The van der Waals surface area contributed by atoms with Gasteiger partial charge < -0.3 is 0 Å². The molecule has 1 atom stereocenters. The Morgan fingerprint density at radius 3 is 2.53 bits per heavy atom. The maximum absolute atomic E-state index is 3.72. The molecule has 1 unspecified atom stereocenters. The molecule has 3 rings (SSSR count). The third kappa shape index (κ3) is 2.28. The van der Waals surface area contributed by atoms with E-state index in [1.165, 1.54) is 39.6 Å². The van der Waals surface area contributed by atoms with Crippen LogP contribution in [0, 0.1) is 0 Å². The van der Waals surface area contributed by atoms with E-state index < -0.39 is 0 Å². The minimum absolute atomic E-state index is 0.563. The molecule has 0 nitrogen and oxygen atoms in total. The molecule has 0 amide bonds. The molecule has 0 bridgehead atoms. The molecule has 0 heterocycles. The van der Waals surface area contributed by atoms with Crippen molar-refractivity contribution in [2.75, 3.05) is 0 Å². The van der Waals surface area contributed by atoms with Crippen molar-refractivity contribution in [1.82, 2.24) is 0 Å². The summed E-state index contributed by atoms with van der Waals surface area (Å²) < 4.78 is 1.21. The van der Waals surface area contributed by atoms with Gasteiger partial charge in [0.2, 0.25) is 0 Å². The third-order valence-corrected chi connectivity index (χ3v) is 4.43. The molecule has 0 aromatic heterocycles. The lowest BCUT2D eigenvalue weighted by molar-refractivity contribution is 0.725. The lowest BCUT2D eigenvalue weighted by Crippen LogP contribution is -1.93. The number of halogens is 1. The second-order valence-corrected chi connectivity index (χ2v) is 5.90. The van der Waals surface area contributed by atoms with E-state index in [1.54, 1.807) is 0 Å². The standard InChI is InChI=1S/C18H17Br/c1-2-7-14-12-16(13-8-4-3-5-9-13)18-15(14)10-6-11-17(18)19/h3-6,8-12,14H,2,7H2,1H3. The molecule has 0 spiro atoms. The van der Waals surface area contributed by atoms with Crippen molar-refractivity contribution < 1.29 is 0 Å². The van der Waals surface area contributed by atoms with Crippen LogP contribution in [0.25, 0.3) is 5.57 Å². The summed E-state index contributed by atoms with van der Waals surface area (Å²) in [6, 6.07) is 17.3. The van der Waals surface area contributed by atoms with Crippen molar-refractivity contribution in [3.8, 4) is 0 Å². The molecule has 96 valence electrons. The fourth-order valence-corrected chi connectivity index (χ4v) is 3.51. The van der Waals surface area contributed by atoms with E-state index in [0.717, 1.165) is 0 Å². The van der Waals surface area contributed by atoms with E-state index in [2.05, 4.69) is 77.5 Å². The lowest BCUT2D eigenvalue weighted by atomic mass is 9.96. The van der Waals surface area contributed by atoms with Crippen molar-refractivity contribution in [1.29, 1.82) is 0 Å². The Kier molecular flexibility index (Phi) is 3.56. The zero-order valence-corrected chi connectivity index (χ0v) is 12.7. The second-order valence-electron chi connectivity index (χ2n) is 5.05. The SMILES string of the molecule is CCCC1C=C(c2ccccc2)c2c(Br)cccc21. The topological polar surface area (TPSA) is 0 Å². The van der Waals surface area contributed by atoms with E-state index >= 15 is 0 Å². The van der Waals surface area contributed by atoms with Crippen molar-refractivity contribution >= 4 is 21.5 Å². The summed E-state index contributed by atoms with van der Waals surface area (Å²) in [6.07, 6.45) is 4.88. The monoisotopic (exact) mass is 312 g/mol. The molecule has 0 aliphatic heterocycles. The molecule has 2 aromatic carbocycles.